The van der Waals surface area contributed by atoms with Crippen molar-refractivity contribution in [2.75, 3.05) is 6.61 Å². The molecule has 1 unspecified atom stereocenters. The first-order chi connectivity index (χ1) is 5.61. The van der Waals surface area contributed by atoms with Gasteiger partial charge >= 0.3 is 0 Å². The van der Waals surface area contributed by atoms with Gasteiger partial charge in [-0.05, 0) is 12.8 Å². The van der Waals surface area contributed by atoms with E-state index in [2.05, 4.69) is 20.4 Å². The van der Waals surface area contributed by atoms with Crippen molar-refractivity contribution in [2.45, 2.75) is 33.6 Å². The molecule has 0 bridgehead atoms. The summed E-state index contributed by atoms with van der Waals surface area (Å²) in [5.41, 5.74) is 0. The van der Waals surface area contributed by atoms with Crippen molar-refractivity contribution in [2.24, 2.45) is 5.92 Å². The quantitative estimate of drug-likeness (QED) is 0.452. The number of carbonyl (C=O) groups excluding carboxylic acids is 1. The third-order valence-electron chi connectivity index (χ3n) is 1.86. The Morgan fingerprint density at radius 1 is 1.50 bits per heavy atom. The van der Waals surface area contributed by atoms with Gasteiger partial charge in [0.2, 0.25) is 0 Å². The summed E-state index contributed by atoms with van der Waals surface area (Å²) < 4.78 is 5.01. The molecule has 2 nitrogen and oxygen atoms in total. The summed E-state index contributed by atoms with van der Waals surface area (Å²) in [6.45, 7) is 10.1. The number of hydrogen-bond acceptors (Lipinski definition) is 2. The first-order valence-electron chi connectivity index (χ1n) is 4.46. The third-order valence-corrected chi connectivity index (χ3v) is 1.86. The summed E-state index contributed by atoms with van der Waals surface area (Å²) in [6.07, 6.45) is 1.57. The van der Waals surface area contributed by atoms with Gasteiger partial charge in [0.25, 0.3) is 0 Å². The highest BCUT2D eigenvalue weighted by Crippen LogP contribution is 2.10. The molecular formula is C10H18O2. The Balaban J connectivity index is 3.79. The second kappa shape index (κ2) is 5.81. The van der Waals surface area contributed by atoms with E-state index in [9.17, 15) is 4.79 Å². The third kappa shape index (κ3) is 4.16. The molecule has 0 aromatic carbocycles. The summed E-state index contributed by atoms with van der Waals surface area (Å²) in [5, 5.41) is 0. The Morgan fingerprint density at radius 2 is 2.08 bits per heavy atom. The average Bonchev–Trinajstić information content (AvgIpc) is 2.04. The highest BCUT2D eigenvalue weighted by molar-refractivity contribution is 5.92. The maximum Gasteiger partial charge on any atom is 0.196 e. The molecule has 0 aliphatic carbocycles. The molecule has 0 heterocycles. The SMILES string of the molecule is C=C(OCC)C(=O)CC(C)CC. The first kappa shape index (κ1) is 11.2. The van der Waals surface area contributed by atoms with E-state index in [1.165, 1.54) is 0 Å². The van der Waals surface area contributed by atoms with Gasteiger partial charge in [-0.2, -0.15) is 0 Å². The molecule has 0 aromatic heterocycles. The van der Waals surface area contributed by atoms with Crippen molar-refractivity contribution < 1.29 is 9.53 Å². The minimum atomic E-state index is 0.0335. The number of rotatable bonds is 6. The monoisotopic (exact) mass is 170 g/mol. The Kier molecular flexibility index (Phi) is 5.43. The number of Topliss-reactive ketones (excluding diaryl/α,β-unsaturated/α-hetero) is 1. The minimum absolute atomic E-state index is 0.0335. The Bertz CT molecular complexity index is 161. The van der Waals surface area contributed by atoms with Gasteiger partial charge in [0.1, 0.15) is 0 Å². The maximum atomic E-state index is 11.3. The molecule has 0 radical (unpaired) electrons. The number of ether oxygens (including phenoxy) is 1. The lowest BCUT2D eigenvalue weighted by Gasteiger charge is -2.09. The van der Waals surface area contributed by atoms with Crippen molar-refractivity contribution in [3.05, 3.63) is 12.3 Å². The van der Waals surface area contributed by atoms with Crippen LogP contribution in [0.3, 0.4) is 0 Å². The zero-order valence-electron chi connectivity index (χ0n) is 8.22. The van der Waals surface area contributed by atoms with Gasteiger partial charge in [-0.25, -0.2) is 0 Å². The summed E-state index contributed by atoms with van der Waals surface area (Å²) in [4.78, 5) is 11.3. The van der Waals surface area contributed by atoms with Crippen LogP contribution in [0, 0.1) is 5.92 Å². The highest BCUT2D eigenvalue weighted by atomic mass is 16.5. The molecule has 0 rings (SSSR count). The van der Waals surface area contributed by atoms with E-state index in [0.29, 0.717) is 24.7 Å². The van der Waals surface area contributed by atoms with Crippen LogP contribution < -0.4 is 0 Å². The van der Waals surface area contributed by atoms with Crippen LogP contribution in [-0.4, -0.2) is 12.4 Å². The first-order valence-corrected chi connectivity index (χ1v) is 4.46. The van der Waals surface area contributed by atoms with E-state index in [4.69, 9.17) is 4.74 Å². The molecule has 12 heavy (non-hydrogen) atoms. The lowest BCUT2D eigenvalue weighted by Crippen LogP contribution is -2.09. The molecule has 0 saturated carbocycles. The molecule has 0 aliphatic heterocycles. The summed E-state index contributed by atoms with van der Waals surface area (Å²) in [7, 11) is 0. The van der Waals surface area contributed by atoms with E-state index in [-0.39, 0.29) is 5.78 Å². The van der Waals surface area contributed by atoms with E-state index >= 15 is 0 Å². The van der Waals surface area contributed by atoms with Crippen LogP contribution in [-0.2, 0) is 9.53 Å². The second-order valence-electron chi connectivity index (χ2n) is 3.00. The fourth-order valence-electron chi connectivity index (χ4n) is 0.829. The van der Waals surface area contributed by atoms with E-state index in [0.717, 1.165) is 6.42 Å². The Labute approximate surface area is 74.6 Å². The van der Waals surface area contributed by atoms with Gasteiger partial charge in [-0.15, -0.1) is 0 Å². The van der Waals surface area contributed by atoms with Crippen molar-refractivity contribution >= 4 is 5.78 Å². The number of hydrogen-bond donors (Lipinski definition) is 0. The predicted molar refractivity (Wildman–Crippen MR) is 49.8 cm³/mol. The molecule has 0 N–H and O–H groups in total. The molecule has 0 aliphatic rings. The number of carbonyl (C=O) groups is 1. The average molecular weight is 170 g/mol. The van der Waals surface area contributed by atoms with Crippen LogP contribution in [0.15, 0.2) is 12.3 Å². The molecule has 0 aromatic rings. The molecule has 0 fully saturated rings. The van der Waals surface area contributed by atoms with Gasteiger partial charge in [-0.3, -0.25) is 4.79 Å². The Morgan fingerprint density at radius 3 is 2.50 bits per heavy atom. The topological polar surface area (TPSA) is 26.3 Å². The van der Waals surface area contributed by atoms with Gasteiger partial charge in [0.15, 0.2) is 11.5 Å². The van der Waals surface area contributed by atoms with Gasteiger partial charge in [-0.1, -0.05) is 26.8 Å². The molecule has 0 saturated heterocycles. The normalized spacial score (nSPS) is 12.2. The van der Waals surface area contributed by atoms with E-state index in [1.54, 1.807) is 0 Å². The van der Waals surface area contributed by atoms with Crippen molar-refractivity contribution in [1.82, 2.24) is 0 Å². The van der Waals surface area contributed by atoms with Gasteiger partial charge in [0, 0.05) is 6.42 Å². The van der Waals surface area contributed by atoms with Crippen molar-refractivity contribution in [3.63, 3.8) is 0 Å². The molecular weight excluding hydrogens is 152 g/mol. The molecule has 0 amide bonds. The van der Waals surface area contributed by atoms with Gasteiger partial charge in [0.05, 0.1) is 6.61 Å². The highest BCUT2D eigenvalue weighted by Gasteiger charge is 2.11. The predicted octanol–water partition coefficient (Wildman–Crippen LogP) is 2.54. The zero-order valence-corrected chi connectivity index (χ0v) is 8.22. The number of ketones is 1. The molecule has 2 heteroatoms. The van der Waals surface area contributed by atoms with Crippen LogP contribution in [0.2, 0.25) is 0 Å². The standard InChI is InChI=1S/C10H18O2/c1-5-8(3)7-10(11)9(4)12-6-2/h8H,4-7H2,1-3H3. The van der Waals surface area contributed by atoms with Crippen LogP contribution in [0.5, 0.6) is 0 Å². The smallest absolute Gasteiger partial charge is 0.196 e. The molecule has 1 atom stereocenters. The summed E-state index contributed by atoms with van der Waals surface area (Å²) in [6, 6.07) is 0. The molecule has 70 valence electrons. The largest absolute Gasteiger partial charge is 0.491 e. The van der Waals surface area contributed by atoms with Crippen LogP contribution >= 0.6 is 0 Å². The summed E-state index contributed by atoms with van der Waals surface area (Å²) >= 11 is 0. The lowest BCUT2D eigenvalue weighted by atomic mass is 10.0. The van der Waals surface area contributed by atoms with Gasteiger partial charge < -0.3 is 4.74 Å². The van der Waals surface area contributed by atoms with E-state index < -0.39 is 0 Å². The maximum absolute atomic E-state index is 11.3. The second-order valence-corrected chi connectivity index (χ2v) is 3.00. The zero-order chi connectivity index (χ0) is 9.56. The van der Waals surface area contributed by atoms with Crippen LogP contribution in [0.25, 0.3) is 0 Å². The van der Waals surface area contributed by atoms with E-state index in [1.807, 2.05) is 6.92 Å². The summed E-state index contributed by atoms with van der Waals surface area (Å²) in [5.74, 6) is 0.763. The fraction of sp³-hybridized carbons (Fsp3) is 0.700. The fourth-order valence-corrected chi connectivity index (χ4v) is 0.829. The Hall–Kier alpha value is -0.790. The van der Waals surface area contributed by atoms with Crippen LogP contribution in [0.1, 0.15) is 33.6 Å². The van der Waals surface area contributed by atoms with Crippen molar-refractivity contribution in [3.8, 4) is 0 Å². The van der Waals surface area contributed by atoms with Crippen LogP contribution in [0.4, 0.5) is 0 Å². The lowest BCUT2D eigenvalue weighted by molar-refractivity contribution is -0.119. The van der Waals surface area contributed by atoms with Crippen molar-refractivity contribution in [1.29, 1.82) is 0 Å². The molecule has 0 spiro atoms. The number of allylic oxidation sites excluding steroid dienone is 1. The minimum Gasteiger partial charge on any atom is -0.491 e.